The van der Waals surface area contributed by atoms with Gasteiger partial charge in [-0.2, -0.15) is 30.6 Å². The monoisotopic (exact) mass is 383 g/mol. The highest BCUT2D eigenvalue weighted by atomic mass is 32.2. The third-order valence-corrected chi connectivity index (χ3v) is 5.99. The summed E-state index contributed by atoms with van der Waals surface area (Å²) in [6.07, 6.45) is -8.91. The van der Waals surface area contributed by atoms with Crippen LogP contribution in [0.15, 0.2) is 52.5 Å². The molecule has 2 atom stereocenters. The molecule has 0 spiro atoms. The van der Waals surface area contributed by atoms with Crippen LogP contribution in [0.5, 0.6) is 0 Å². The quantitative estimate of drug-likeness (QED) is 0.577. The topological polar surface area (TPSA) is 37.4 Å². The van der Waals surface area contributed by atoms with Crippen LogP contribution in [0.25, 0.3) is 0 Å². The summed E-state index contributed by atoms with van der Waals surface area (Å²) >= 11 is 0. The lowest BCUT2D eigenvalue weighted by atomic mass is 9.96. The smallest absolute Gasteiger partial charge is 0.207 e. The Balaban J connectivity index is 2.12. The molecular formula is C15H11F6NO2S. The molecule has 2 unspecified atom stereocenters. The SMILES string of the molecule is Cc1ccc(S(=O)(=O)N2C3C=CC2C(C(F)(F)F)=C3C(F)(F)F)cc1. The van der Waals surface area contributed by atoms with Gasteiger partial charge in [-0.1, -0.05) is 29.8 Å². The Morgan fingerprint density at radius 1 is 0.840 bits per heavy atom. The molecule has 10 heteroatoms. The van der Waals surface area contributed by atoms with Gasteiger partial charge in [0.25, 0.3) is 0 Å². The molecule has 1 aromatic carbocycles. The highest BCUT2D eigenvalue weighted by Gasteiger charge is 2.62. The Bertz CT molecular complexity index is 831. The Kier molecular flexibility index (Phi) is 3.84. The van der Waals surface area contributed by atoms with Gasteiger partial charge in [-0.15, -0.1) is 0 Å². The van der Waals surface area contributed by atoms with E-state index in [0.29, 0.717) is 5.56 Å². The molecule has 2 heterocycles. The van der Waals surface area contributed by atoms with E-state index in [-0.39, 0.29) is 9.20 Å². The van der Waals surface area contributed by atoms with Gasteiger partial charge < -0.3 is 0 Å². The molecule has 0 saturated carbocycles. The van der Waals surface area contributed by atoms with Crippen molar-refractivity contribution in [3.05, 3.63) is 53.1 Å². The second kappa shape index (κ2) is 5.34. The van der Waals surface area contributed by atoms with Crippen molar-refractivity contribution < 1.29 is 34.8 Å². The van der Waals surface area contributed by atoms with Crippen molar-refractivity contribution >= 4 is 10.0 Å². The molecule has 0 radical (unpaired) electrons. The lowest BCUT2D eigenvalue weighted by Gasteiger charge is -2.24. The maximum Gasteiger partial charge on any atom is 0.414 e. The molecule has 0 saturated heterocycles. The molecule has 3 nitrogen and oxygen atoms in total. The maximum absolute atomic E-state index is 13.2. The molecule has 0 aromatic heterocycles. The molecule has 0 N–H and O–H groups in total. The van der Waals surface area contributed by atoms with Crippen molar-refractivity contribution in [2.24, 2.45) is 0 Å². The summed E-state index contributed by atoms with van der Waals surface area (Å²) in [6.45, 7) is 1.67. The molecule has 0 fully saturated rings. The van der Waals surface area contributed by atoms with Crippen LogP contribution in [0.4, 0.5) is 26.3 Å². The minimum absolute atomic E-state index is 0.267. The molecule has 25 heavy (non-hydrogen) atoms. The van der Waals surface area contributed by atoms with E-state index < -0.39 is 45.6 Å². The van der Waals surface area contributed by atoms with Gasteiger partial charge in [0.1, 0.15) is 0 Å². The minimum Gasteiger partial charge on any atom is -0.207 e. The van der Waals surface area contributed by atoms with E-state index >= 15 is 0 Å². The van der Waals surface area contributed by atoms with Crippen molar-refractivity contribution in [2.45, 2.75) is 36.3 Å². The Morgan fingerprint density at radius 3 is 1.60 bits per heavy atom. The van der Waals surface area contributed by atoms with Crippen LogP contribution >= 0.6 is 0 Å². The largest absolute Gasteiger partial charge is 0.414 e. The maximum atomic E-state index is 13.2. The highest BCUT2D eigenvalue weighted by molar-refractivity contribution is 7.89. The van der Waals surface area contributed by atoms with E-state index in [1.54, 1.807) is 6.92 Å². The van der Waals surface area contributed by atoms with Gasteiger partial charge in [0.15, 0.2) is 0 Å². The van der Waals surface area contributed by atoms with Gasteiger partial charge in [0.05, 0.1) is 28.1 Å². The second-order valence-electron chi connectivity index (χ2n) is 5.75. The third-order valence-electron chi connectivity index (χ3n) is 4.11. The molecule has 3 rings (SSSR count). The first kappa shape index (κ1) is 18.0. The van der Waals surface area contributed by atoms with Crippen molar-refractivity contribution in [3.8, 4) is 0 Å². The Hall–Kier alpha value is -1.81. The minimum atomic E-state index is -5.30. The molecule has 2 bridgehead atoms. The molecular weight excluding hydrogens is 372 g/mol. The number of aryl methyl sites for hydroxylation is 1. The van der Waals surface area contributed by atoms with E-state index in [4.69, 9.17) is 0 Å². The summed E-state index contributed by atoms with van der Waals surface area (Å²) in [5, 5.41) is 0. The van der Waals surface area contributed by atoms with Crippen LogP contribution in [0.1, 0.15) is 5.56 Å². The summed E-state index contributed by atoms with van der Waals surface area (Å²) in [7, 11) is -4.55. The number of rotatable bonds is 2. The van der Waals surface area contributed by atoms with E-state index in [1.165, 1.54) is 12.1 Å². The van der Waals surface area contributed by atoms with Crippen molar-refractivity contribution in [1.29, 1.82) is 0 Å². The van der Waals surface area contributed by atoms with Crippen LogP contribution in [-0.2, 0) is 10.0 Å². The van der Waals surface area contributed by atoms with Crippen LogP contribution in [0.2, 0.25) is 0 Å². The Labute approximate surface area is 139 Å². The van der Waals surface area contributed by atoms with E-state index in [2.05, 4.69) is 0 Å². The summed E-state index contributed by atoms with van der Waals surface area (Å²) in [6, 6.07) is 1.11. The molecule has 2 aliphatic heterocycles. The predicted molar refractivity (Wildman–Crippen MR) is 76.1 cm³/mol. The average Bonchev–Trinajstić information content (AvgIpc) is 3.02. The molecule has 1 aromatic rings. The standard InChI is InChI=1S/C15H11F6NO2S/c1-8-2-4-9(5-3-8)25(23,24)22-10-6-7-11(22)13(15(19,20)21)12(10)14(16,17)18/h2-7,10-11H,1H3. The van der Waals surface area contributed by atoms with E-state index in [1.807, 2.05) is 0 Å². The highest BCUT2D eigenvalue weighted by Crippen LogP contribution is 2.52. The van der Waals surface area contributed by atoms with E-state index in [9.17, 15) is 34.8 Å². The van der Waals surface area contributed by atoms with Crippen LogP contribution < -0.4 is 0 Å². The first-order chi connectivity index (χ1) is 11.3. The summed E-state index contributed by atoms with van der Waals surface area (Å²) in [5.41, 5.74) is -3.04. The zero-order valence-corrected chi connectivity index (χ0v) is 13.4. The fourth-order valence-electron chi connectivity index (χ4n) is 3.09. The summed E-state index contributed by atoms with van der Waals surface area (Å²) in [5.74, 6) is 0. The van der Waals surface area contributed by atoms with E-state index in [0.717, 1.165) is 24.3 Å². The normalized spacial score (nSPS) is 24.4. The summed E-state index contributed by atoms with van der Waals surface area (Å²) in [4.78, 5) is -0.359. The number of fused-ring (bicyclic) bond motifs is 2. The van der Waals surface area contributed by atoms with Crippen molar-refractivity contribution in [2.75, 3.05) is 0 Å². The first-order valence-electron chi connectivity index (χ1n) is 7.02. The number of hydrogen-bond acceptors (Lipinski definition) is 2. The lowest BCUT2D eigenvalue weighted by molar-refractivity contribution is -0.115. The van der Waals surface area contributed by atoms with Crippen molar-refractivity contribution in [3.63, 3.8) is 0 Å². The van der Waals surface area contributed by atoms with Gasteiger partial charge in [0, 0.05) is 0 Å². The number of hydrogen-bond donors (Lipinski definition) is 0. The second-order valence-corrected chi connectivity index (χ2v) is 7.59. The Morgan fingerprint density at radius 2 is 1.24 bits per heavy atom. The number of halogens is 6. The fraction of sp³-hybridized carbons (Fsp3) is 0.333. The molecule has 2 aliphatic rings. The zero-order valence-electron chi connectivity index (χ0n) is 12.6. The first-order valence-corrected chi connectivity index (χ1v) is 8.46. The van der Waals surface area contributed by atoms with Gasteiger partial charge in [-0.3, -0.25) is 0 Å². The van der Waals surface area contributed by atoms with Crippen LogP contribution in [-0.4, -0.2) is 37.2 Å². The number of benzene rings is 1. The van der Waals surface area contributed by atoms with Crippen LogP contribution in [0, 0.1) is 6.92 Å². The third kappa shape index (κ3) is 2.77. The van der Waals surface area contributed by atoms with Gasteiger partial charge in [-0.25, -0.2) is 8.42 Å². The van der Waals surface area contributed by atoms with Crippen LogP contribution in [0.3, 0.4) is 0 Å². The molecule has 0 amide bonds. The van der Waals surface area contributed by atoms with Crippen molar-refractivity contribution in [1.82, 2.24) is 4.31 Å². The summed E-state index contributed by atoms with van der Waals surface area (Å²) < 4.78 is 105. The number of sulfonamides is 1. The fourth-order valence-corrected chi connectivity index (χ4v) is 4.76. The predicted octanol–water partition coefficient (Wildman–Crippen LogP) is 3.73. The number of alkyl halides is 6. The number of nitrogens with zero attached hydrogens (tertiary/aromatic N) is 1. The van der Waals surface area contributed by atoms with Gasteiger partial charge in [-0.05, 0) is 19.1 Å². The zero-order chi connectivity index (χ0) is 18.8. The van der Waals surface area contributed by atoms with Gasteiger partial charge >= 0.3 is 12.4 Å². The molecule has 0 aliphatic carbocycles. The average molecular weight is 383 g/mol. The lowest BCUT2D eigenvalue weighted by Crippen LogP contribution is -2.40. The molecule has 136 valence electrons. The van der Waals surface area contributed by atoms with Gasteiger partial charge in [0.2, 0.25) is 10.0 Å².